The van der Waals surface area contributed by atoms with Gasteiger partial charge in [0.2, 0.25) is 5.89 Å². The molecule has 0 bridgehead atoms. The summed E-state index contributed by atoms with van der Waals surface area (Å²) in [6.07, 6.45) is 0. The van der Waals surface area contributed by atoms with Crippen LogP contribution in [0.4, 0.5) is 5.69 Å². The van der Waals surface area contributed by atoms with Gasteiger partial charge in [-0.1, -0.05) is 15.9 Å². The Morgan fingerprint density at radius 1 is 1.05 bits per heavy atom. The summed E-state index contributed by atoms with van der Waals surface area (Å²) in [7, 11) is 0. The molecule has 0 aliphatic heterocycles. The van der Waals surface area contributed by atoms with Gasteiger partial charge < -0.3 is 9.32 Å². The lowest BCUT2D eigenvalue weighted by Gasteiger charge is -2.20. The van der Waals surface area contributed by atoms with E-state index in [0.717, 1.165) is 34.2 Å². The number of halogens is 1. The fraction of sp³-hybridized carbons (Fsp3) is 0.235. The van der Waals surface area contributed by atoms with Gasteiger partial charge in [-0.25, -0.2) is 4.98 Å². The summed E-state index contributed by atoms with van der Waals surface area (Å²) in [5, 5.41) is 0. The molecule has 0 aliphatic rings. The van der Waals surface area contributed by atoms with Crippen LogP contribution in [-0.2, 0) is 0 Å². The number of rotatable bonds is 4. The predicted molar refractivity (Wildman–Crippen MR) is 90.7 cm³/mol. The quantitative estimate of drug-likeness (QED) is 0.658. The van der Waals surface area contributed by atoms with E-state index in [1.54, 1.807) is 0 Å². The third-order valence-electron chi connectivity index (χ3n) is 3.59. The summed E-state index contributed by atoms with van der Waals surface area (Å²) in [5.74, 6) is 0.661. The van der Waals surface area contributed by atoms with E-state index < -0.39 is 0 Å². The molecule has 2 aromatic carbocycles. The molecule has 0 saturated carbocycles. The maximum Gasteiger partial charge on any atom is 0.227 e. The molecule has 21 heavy (non-hydrogen) atoms. The van der Waals surface area contributed by atoms with Crippen LogP contribution >= 0.6 is 15.9 Å². The summed E-state index contributed by atoms with van der Waals surface area (Å²) in [5.41, 5.74) is 3.88. The van der Waals surface area contributed by atoms with Gasteiger partial charge in [-0.3, -0.25) is 0 Å². The molecule has 3 nitrogen and oxygen atoms in total. The number of fused-ring (bicyclic) bond motifs is 1. The minimum absolute atomic E-state index is 0.661. The lowest BCUT2D eigenvalue weighted by atomic mass is 10.2. The van der Waals surface area contributed by atoms with Crippen molar-refractivity contribution in [1.82, 2.24) is 4.98 Å². The van der Waals surface area contributed by atoms with E-state index in [2.05, 4.69) is 51.8 Å². The van der Waals surface area contributed by atoms with Crippen molar-refractivity contribution in [2.75, 3.05) is 18.0 Å². The van der Waals surface area contributed by atoms with Crippen molar-refractivity contribution in [3.63, 3.8) is 0 Å². The van der Waals surface area contributed by atoms with Crippen LogP contribution in [0, 0.1) is 0 Å². The predicted octanol–water partition coefficient (Wildman–Crippen LogP) is 5.10. The van der Waals surface area contributed by atoms with Gasteiger partial charge in [0.1, 0.15) is 5.52 Å². The number of nitrogens with zero attached hydrogens (tertiary/aromatic N) is 2. The molecule has 0 saturated heterocycles. The van der Waals surface area contributed by atoms with E-state index in [9.17, 15) is 0 Å². The Hall–Kier alpha value is -1.81. The van der Waals surface area contributed by atoms with Gasteiger partial charge in [-0.15, -0.1) is 0 Å². The van der Waals surface area contributed by atoms with E-state index in [1.165, 1.54) is 5.69 Å². The molecule has 0 spiro atoms. The highest BCUT2D eigenvalue weighted by molar-refractivity contribution is 9.10. The van der Waals surface area contributed by atoms with Gasteiger partial charge in [0.05, 0.1) is 0 Å². The smallest absolute Gasteiger partial charge is 0.227 e. The summed E-state index contributed by atoms with van der Waals surface area (Å²) in [6, 6.07) is 14.2. The molecule has 0 N–H and O–H groups in total. The maximum absolute atomic E-state index is 5.92. The van der Waals surface area contributed by atoms with Crippen molar-refractivity contribution in [1.29, 1.82) is 0 Å². The van der Waals surface area contributed by atoms with Crippen LogP contribution in [-0.4, -0.2) is 18.1 Å². The fourth-order valence-electron chi connectivity index (χ4n) is 2.41. The number of anilines is 1. The molecule has 0 amide bonds. The normalized spacial score (nSPS) is 11.0. The van der Waals surface area contributed by atoms with Gasteiger partial charge in [0, 0.05) is 34.9 Å². The van der Waals surface area contributed by atoms with Crippen LogP contribution in [0.1, 0.15) is 13.8 Å². The van der Waals surface area contributed by atoms with Gasteiger partial charge in [0.15, 0.2) is 5.58 Å². The summed E-state index contributed by atoms with van der Waals surface area (Å²) < 4.78 is 6.97. The average Bonchev–Trinajstić information content (AvgIpc) is 2.92. The zero-order valence-corrected chi connectivity index (χ0v) is 13.7. The van der Waals surface area contributed by atoms with Crippen molar-refractivity contribution in [3.8, 4) is 11.5 Å². The molecule has 1 heterocycles. The second-order valence-electron chi connectivity index (χ2n) is 4.85. The molecule has 3 aromatic rings. The van der Waals surface area contributed by atoms with E-state index in [-0.39, 0.29) is 0 Å². The van der Waals surface area contributed by atoms with Crippen LogP contribution in [0.5, 0.6) is 0 Å². The average molecular weight is 345 g/mol. The highest BCUT2D eigenvalue weighted by Gasteiger charge is 2.10. The molecule has 1 aromatic heterocycles. The zero-order valence-electron chi connectivity index (χ0n) is 12.1. The Kier molecular flexibility index (Phi) is 3.97. The molecular formula is C17H17BrN2O. The first-order valence-electron chi connectivity index (χ1n) is 7.12. The second-order valence-corrected chi connectivity index (χ2v) is 5.77. The minimum atomic E-state index is 0.661. The highest BCUT2D eigenvalue weighted by Crippen LogP contribution is 2.28. The van der Waals surface area contributed by atoms with E-state index in [1.807, 2.05) is 30.3 Å². The first-order valence-corrected chi connectivity index (χ1v) is 7.92. The zero-order chi connectivity index (χ0) is 14.8. The number of hydrogen-bond acceptors (Lipinski definition) is 3. The lowest BCUT2D eigenvalue weighted by molar-refractivity contribution is 0.619. The molecule has 0 atom stereocenters. The van der Waals surface area contributed by atoms with Gasteiger partial charge in [-0.05, 0) is 50.2 Å². The highest BCUT2D eigenvalue weighted by atomic mass is 79.9. The largest absolute Gasteiger partial charge is 0.436 e. The molecule has 3 rings (SSSR count). The third kappa shape index (κ3) is 2.81. The molecule has 0 radical (unpaired) electrons. The van der Waals surface area contributed by atoms with Crippen molar-refractivity contribution in [2.45, 2.75) is 13.8 Å². The van der Waals surface area contributed by atoms with Crippen LogP contribution in [0.3, 0.4) is 0 Å². The van der Waals surface area contributed by atoms with Gasteiger partial charge >= 0.3 is 0 Å². The summed E-state index contributed by atoms with van der Waals surface area (Å²) in [4.78, 5) is 6.86. The Bertz CT molecular complexity index is 745. The molecule has 4 heteroatoms. The fourth-order valence-corrected chi connectivity index (χ4v) is 2.68. The van der Waals surface area contributed by atoms with Crippen molar-refractivity contribution in [3.05, 3.63) is 46.9 Å². The standard InChI is InChI=1S/C17H17BrN2O/c1-3-20(4-2)14-9-10-15-16(11-14)21-17(19-15)12-5-7-13(18)8-6-12/h5-11H,3-4H2,1-2H3. The summed E-state index contributed by atoms with van der Waals surface area (Å²) >= 11 is 3.44. The Balaban J connectivity index is 2.02. The molecule has 0 unspecified atom stereocenters. The first-order chi connectivity index (χ1) is 10.2. The van der Waals surface area contributed by atoms with Crippen LogP contribution in [0.15, 0.2) is 51.4 Å². The second kappa shape index (κ2) is 5.90. The Labute approximate surface area is 132 Å². The van der Waals surface area contributed by atoms with Crippen molar-refractivity contribution >= 4 is 32.7 Å². The van der Waals surface area contributed by atoms with E-state index in [0.29, 0.717) is 5.89 Å². The Morgan fingerprint density at radius 3 is 2.43 bits per heavy atom. The lowest BCUT2D eigenvalue weighted by Crippen LogP contribution is -2.21. The van der Waals surface area contributed by atoms with Crippen molar-refractivity contribution in [2.24, 2.45) is 0 Å². The molecular weight excluding hydrogens is 328 g/mol. The summed E-state index contributed by atoms with van der Waals surface area (Å²) in [6.45, 7) is 6.27. The molecule has 0 fully saturated rings. The van der Waals surface area contributed by atoms with Crippen LogP contribution in [0.25, 0.3) is 22.6 Å². The Morgan fingerprint density at radius 2 is 1.76 bits per heavy atom. The first kappa shape index (κ1) is 14.1. The maximum atomic E-state index is 5.92. The van der Waals surface area contributed by atoms with Crippen LogP contribution in [0.2, 0.25) is 0 Å². The number of benzene rings is 2. The topological polar surface area (TPSA) is 29.3 Å². The van der Waals surface area contributed by atoms with Gasteiger partial charge in [0.25, 0.3) is 0 Å². The number of oxazole rings is 1. The van der Waals surface area contributed by atoms with E-state index >= 15 is 0 Å². The van der Waals surface area contributed by atoms with Gasteiger partial charge in [-0.2, -0.15) is 0 Å². The monoisotopic (exact) mass is 344 g/mol. The van der Waals surface area contributed by atoms with Crippen molar-refractivity contribution < 1.29 is 4.42 Å². The van der Waals surface area contributed by atoms with Crippen LogP contribution < -0.4 is 4.90 Å². The minimum Gasteiger partial charge on any atom is -0.436 e. The molecule has 108 valence electrons. The SMILES string of the molecule is CCN(CC)c1ccc2nc(-c3ccc(Br)cc3)oc2c1. The molecule has 0 aliphatic carbocycles. The number of hydrogen-bond donors (Lipinski definition) is 0. The third-order valence-corrected chi connectivity index (χ3v) is 4.12. The van der Waals surface area contributed by atoms with E-state index in [4.69, 9.17) is 4.42 Å². The number of aromatic nitrogens is 1.